The van der Waals surface area contributed by atoms with Crippen molar-refractivity contribution in [2.75, 3.05) is 7.11 Å². The number of carbonyl (C=O) groups is 2. The van der Waals surface area contributed by atoms with Crippen molar-refractivity contribution in [3.8, 4) is 11.1 Å². The van der Waals surface area contributed by atoms with E-state index in [0.29, 0.717) is 0 Å². The molecule has 3 N–H and O–H groups in total. The van der Waals surface area contributed by atoms with Crippen LogP contribution in [-0.2, 0) is 14.3 Å². The highest BCUT2D eigenvalue weighted by Gasteiger charge is 2.18. The molecule has 1 amide bonds. The van der Waals surface area contributed by atoms with Crippen LogP contribution in [0.2, 0.25) is 0 Å². The van der Waals surface area contributed by atoms with Crippen LogP contribution in [0.25, 0.3) is 28.1 Å². The molecule has 0 aliphatic carbocycles. The third kappa shape index (κ3) is 4.32. The van der Waals surface area contributed by atoms with E-state index in [1.807, 2.05) is 32.2 Å². The maximum absolute atomic E-state index is 12.3. The molecule has 6 heteroatoms. The first kappa shape index (κ1) is 20.2. The molecule has 0 radical (unpaired) electrons. The zero-order chi connectivity index (χ0) is 21.1. The number of carboxylic acids is 1. The van der Waals surface area contributed by atoms with Crippen molar-refractivity contribution >= 4 is 28.9 Å². The van der Waals surface area contributed by atoms with Crippen molar-refractivity contribution < 1.29 is 19.4 Å². The largest absolute Gasteiger partial charge is 0.491 e. The lowest BCUT2D eigenvalue weighted by Crippen LogP contribution is -2.39. The number of fused-ring (bicyclic) bond motifs is 1. The summed E-state index contributed by atoms with van der Waals surface area (Å²) in [6.07, 6.45) is 3.55. The third-order valence-electron chi connectivity index (χ3n) is 4.93. The predicted octanol–water partition coefficient (Wildman–Crippen LogP) is 4.03. The van der Waals surface area contributed by atoms with Crippen molar-refractivity contribution in [3.63, 3.8) is 0 Å². The molecular formula is C23H24N2O4. The maximum atomic E-state index is 12.3. The Bertz CT molecular complexity index is 1110. The van der Waals surface area contributed by atoms with Crippen molar-refractivity contribution in [3.05, 3.63) is 65.0 Å². The number of aryl methyl sites for hydroxylation is 2. The maximum Gasteiger partial charge on any atom is 0.325 e. The number of benzene rings is 2. The zero-order valence-electron chi connectivity index (χ0n) is 16.9. The fraction of sp³-hybridized carbons (Fsp3) is 0.217. The average molecular weight is 392 g/mol. The van der Waals surface area contributed by atoms with E-state index in [1.54, 1.807) is 6.08 Å². The Labute approximate surface area is 169 Å². The van der Waals surface area contributed by atoms with Crippen LogP contribution in [0.1, 0.15) is 23.6 Å². The lowest BCUT2D eigenvalue weighted by molar-refractivity contribution is -0.141. The number of amides is 1. The minimum absolute atomic E-state index is 0.0575. The molecular weight excluding hydrogens is 368 g/mol. The fourth-order valence-electron chi connectivity index (χ4n) is 3.21. The summed E-state index contributed by atoms with van der Waals surface area (Å²) in [7, 11) is 1.39. The van der Waals surface area contributed by atoms with Gasteiger partial charge in [-0.05, 0) is 78.2 Å². The highest BCUT2D eigenvalue weighted by Crippen LogP contribution is 2.30. The molecule has 0 aliphatic heterocycles. The smallest absolute Gasteiger partial charge is 0.325 e. The Morgan fingerprint density at radius 2 is 1.90 bits per heavy atom. The normalized spacial score (nSPS) is 12.6. The van der Waals surface area contributed by atoms with Crippen LogP contribution in [0, 0.1) is 13.8 Å². The Morgan fingerprint density at radius 1 is 1.14 bits per heavy atom. The van der Waals surface area contributed by atoms with Gasteiger partial charge in [0.25, 0.3) is 5.91 Å². The van der Waals surface area contributed by atoms with Gasteiger partial charge in [0, 0.05) is 11.7 Å². The molecule has 3 aromatic rings. The number of nitrogens with one attached hydrogen (secondary N) is 2. The lowest BCUT2D eigenvalue weighted by Gasteiger charge is -2.13. The molecule has 0 saturated carbocycles. The highest BCUT2D eigenvalue weighted by molar-refractivity contribution is 5.98. The number of aromatic amines is 1. The lowest BCUT2D eigenvalue weighted by atomic mass is 9.94. The van der Waals surface area contributed by atoms with Crippen molar-refractivity contribution in [1.82, 2.24) is 10.3 Å². The van der Waals surface area contributed by atoms with E-state index in [4.69, 9.17) is 9.84 Å². The van der Waals surface area contributed by atoms with Gasteiger partial charge in [-0.2, -0.15) is 0 Å². The number of hydrogen-bond acceptors (Lipinski definition) is 3. The van der Waals surface area contributed by atoms with Crippen LogP contribution in [0.5, 0.6) is 0 Å². The van der Waals surface area contributed by atoms with Crippen molar-refractivity contribution in [2.45, 2.75) is 26.8 Å². The number of rotatable bonds is 6. The van der Waals surface area contributed by atoms with Gasteiger partial charge in [0.1, 0.15) is 6.04 Å². The Balaban J connectivity index is 1.94. The molecule has 1 aromatic heterocycles. The summed E-state index contributed by atoms with van der Waals surface area (Å²) < 4.78 is 5.20. The van der Waals surface area contributed by atoms with E-state index in [2.05, 4.69) is 34.6 Å². The number of carboxylic acid groups (broad SMARTS) is 1. The van der Waals surface area contributed by atoms with Crippen LogP contribution in [-0.4, -0.2) is 35.1 Å². The molecule has 0 saturated heterocycles. The number of hydrogen-bond donors (Lipinski definition) is 3. The van der Waals surface area contributed by atoms with E-state index >= 15 is 0 Å². The Kier molecular flexibility index (Phi) is 5.73. The van der Waals surface area contributed by atoms with Gasteiger partial charge in [-0.25, -0.2) is 0 Å². The Morgan fingerprint density at radius 3 is 2.59 bits per heavy atom. The topological polar surface area (TPSA) is 91.4 Å². The summed E-state index contributed by atoms with van der Waals surface area (Å²) in [5.74, 6) is -1.62. The standard InChI is InChI=1S/C23H24N2O4/c1-13-10-19(16-5-6-20-17(11-16)7-8-24-20)14(2)9-18(13)12-21(29-4)22(26)25-15(3)23(27)28/h5-12,15,24H,1-4H3,(H,25,26)(H,27,28)/t15-/m1/s1. The fourth-order valence-corrected chi connectivity index (χ4v) is 3.21. The molecule has 3 rings (SSSR count). The molecule has 0 unspecified atom stereocenters. The monoisotopic (exact) mass is 392 g/mol. The summed E-state index contributed by atoms with van der Waals surface area (Å²) in [4.78, 5) is 26.5. The van der Waals surface area contributed by atoms with E-state index in [1.165, 1.54) is 14.0 Å². The van der Waals surface area contributed by atoms with Crippen LogP contribution in [0.15, 0.2) is 48.4 Å². The van der Waals surface area contributed by atoms with Crippen LogP contribution in [0.4, 0.5) is 0 Å². The molecule has 0 spiro atoms. The van der Waals surface area contributed by atoms with Gasteiger partial charge in [-0.1, -0.05) is 18.2 Å². The second-order valence-corrected chi connectivity index (χ2v) is 7.05. The number of aromatic nitrogens is 1. The van der Waals surface area contributed by atoms with Crippen LogP contribution >= 0.6 is 0 Å². The summed E-state index contributed by atoms with van der Waals surface area (Å²) in [5, 5.41) is 12.5. The summed E-state index contributed by atoms with van der Waals surface area (Å²) in [6, 6.07) is 11.4. The first-order chi connectivity index (χ1) is 13.8. The molecule has 150 valence electrons. The van der Waals surface area contributed by atoms with Gasteiger partial charge in [-0.3, -0.25) is 9.59 Å². The van der Waals surface area contributed by atoms with Gasteiger partial charge < -0.3 is 20.1 Å². The van der Waals surface area contributed by atoms with Crippen LogP contribution < -0.4 is 5.32 Å². The third-order valence-corrected chi connectivity index (χ3v) is 4.93. The van der Waals surface area contributed by atoms with E-state index < -0.39 is 17.9 Å². The van der Waals surface area contributed by atoms with E-state index in [0.717, 1.165) is 38.7 Å². The second-order valence-electron chi connectivity index (χ2n) is 7.05. The molecule has 0 bridgehead atoms. The molecule has 1 atom stereocenters. The first-order valence-corrected chi connectivity index (χ1v) is 9.28. The highest BCUT2D eigenvalue weighted by atomic mass is 16.5. The van der Waals surface area contributed by atoms with Gasteiger partial charge in [0.15, 0.2) is 5.76 Å². The van der Waals surface area contributed by atoms with Crippen LogP contribution in [0.3, 0.4) is 0 Å². The molecule has 0 fully saturated rings. The minimum Gasteiger partial charge on any atom is -0.491 e. The summed E-state index contributed by atoms with van der Waals surface area (Å²) in [5.41, 5.74) is 6.21. The van der Waals surface area contributed by atoms with Crippen molar-refractivity contribution in [1.29, 1.82) is 0 Å². The predicted molar refractivity (Wildman–Crippen MR) is 113 cm³/mol. The number of carbonyl (C=O) groups excluding carboxylic acids is 1. The summed E-state index contributed by atoms with van der Waals surface area (Å²) >= 11 is 0. The molecule has 29 heavy (non-hydrogen) atoms. The minimum atomic E-state index is -1.11. The molecule has 0 aliphatic rings. The van der Waals surface area contributed by atoms with Crippen molar-refractivity contribution in [2.24, 2.45) is 0 Å². The van der Waals surface area contributed by atoms with Gasteiger partial charge in [0.05, 0.1) is 7.11 Å². The SMILES string of the molecule is COC(=Cc1cc(C)c(-c2ccc3[nH]ccc3c2)cc1C)C(=O)N[C@H](C)C(=O)O. The first-order valence-electron chi connectivity index (χ1n) is 9.28. The summed E-state index contributed by atoms with van der Waals surface area (Å²) in [6.45, 7) is 5.39. The average Bonchev–Trinajstić information content (AvgIpc) is 3.15. The Hall–Kier alpha value is -3.54. The number of methoxy groups -OCH3 is 1. The molecule has 1 heterocycles. The van der Waals surface area contributed by atoms with Gasteiger partial charge in [-0.15, -0.1) is 0 Å². The van der Waals surface area contributed by atoms with Gasteiger partial charge in [0.2, 0.25) is 0 Å². The van der Waals surface area contributed by atoms with E-state index in [9.17, 15) is 9.59 Å². The zero-order valence-corrected chi connectivity index (χ0v) is 16.9. The number of ether oxygens (including phenoxy) is 1. The van der Waals surface area contributed by atoms with E-state index in [-0.39, 0.29) is 5.76 Å². The second kappa shape index (κ2) is 8.22. The number of aliphatic carboxylic acids is 1. The molecule has 2 aromatic carbocycles. The molecule has 6 nitrogen and oxygen atoms in total. The number of H-pyrrole nitrogens is 1. The van der Waals surface area contributed by atoms with Gasteiger partial charge >= 0.3 is 5.97 Å². The quantitative estimate of drug-likeness (QED) is 0.436.